The SMILES string of the molecule is O=[N+]([O-])c1cc(Cl)c(F)c(F)c1F. The van der Waals surface area contributed by atoms with E-state index < -0.39 is 33.1 Å². The van der Waals surface area contributed by atoms with Gasteiger partial charge < -0.3 is 0 Å². The summed E-state index contributed by atoms with van der Waals surface area (Å²) in [5.74, 6) is -5.43. The summed E-state index contributed by atoms with van der Waals surface area (Å²) in [5.41, 5.74) is -1.19. The van der Waals surface area contributed by atoms with E-state index in [1.165, 1.54) is 0 Å². The molecule has 0 heterocycles. The van der Waals surface area contributed by atoms with Gasteiger partial charge >= 0.3 is 5.69 Å². The van der Waals surface area contributed by atoms with Gasteiger partial charge in [0.05, 0.1) is 9.95 Å². The van der Waals surface area contributed by atoms with Crippen molar-refractivity contribution in [1.29, 1.82) is 0 Å². The van der Waals surface area contributed by atoms with Crippen molar-refractivity contribution in [1.82, 2.24) is 0 Å². The van der Waals surface area contributed by atoms with Crippen LogP contribution in [0.15, 0.2) is 6.07 Å². The second-order valence-electron chi connectivity index (χ2n) is 2.08. The van der Waals surface area contributed by atoms with Crippen LogP contribution in [0.2, 0.25) is 5.02 Å². The van der Waals surface area contributed by atoms with Crippen molar-refractivity contribution in [3.05, 3.63) is 38.7 Å². The molecular weight excluding hydrogens is 211 g/mol. The van der Waals surface area contributed by atoms with E-state index in [-0.39, 0.29) is 0 Å². The first-order valence-corrected chi connectivity index (χ1v) is 3.30. The van der Waals surface area contributed by atoms with E-state index in [0.29, 0.717) is 6.07 Å². The van der Waals surface area contributed by atoms with E-state index >= 15 is 0 Å². The molecule has 0 saturated heterocycles. The molecule has 13 heavy (non-hydrogen) atoms. The molecule has 0 saturated carbocycles. The largest absolute Gasteiger partial charge is 0.309 e. The molecule has 3 nitrogen and oxygen atoms in total. The third-order valence-corrected chi connectivity index (χ3v) is 1.56. The number of nitro groups is 1. The molecule has 0 unspecified atom stereocenters. The number of nitro benzene ring substituents is 1. The Bertz CT molecular complexity index is 383. The second kappa shape index (κ2) is 3.21. The van der Waals surface area contributed by atoms with Crippen LogP contribution in [-0.4, -0.2) is 4.92 Å². The Morgan fingerprint density at radius 2 is 1.77 bits per heavy atom. The molecule has 1 aromatic carbocycles. The zero-order valence-corrected chi connectivity index (χ0v) is 6.61. The molecule has 0 bridgehead atoms. The maximum absolute atomic E-state index is 12.6. The van der Waals surface area contributed by atoms with Crippen LogP contribution in [0.4, 0.5) is 18.9 Å². The van der Waals surface area contributed by atoms with E-state index in [4.69, 9.17) is 11.6 Å². The monoisotopic (exact) mass is 211 g/mol. The Balaban J connectivity index is 3.50. The minimum absolute atomic E-state index is 0.412. The maximum Gasteiger partial charge on any atom is 0.309 e. The number of halogens is 4. The van der Waals surface area contributed by atoms with Crippen LogP contribution in [0.3, 0.4) is 0 Å². The van der Waals surface area contributed by atoms with Crippen LogP contribution < -0.4 is 0 Å². The van der Waals surface area contributed by atoms with Crippen LogP contribution in [0, 0.1) is 27.6 Å². The molecule has 0 aliphatic heterocycles. The first kappa shape index (κ1) is 9.79. The van der Waals surface area contributed by atoms with Gasteiger partial charge in [0.15, 0.2) is 5.82 Å². The minimum atomic E-state index is -1.95. The number of nitrogens with zero attached hydrogens (tertiary/aromatic N) is 1. The highest BCUT2D eigenvalue weighted by Gasteiger charge is 2.24. The van der Waals surface area contributed by atoms with Crippen molar-refractivity contribution in [3.8, 4) is 0 Å². The smallest absolute Gasteiger partial charge is 0.258 e. The fourth-order valence-corrected chi connectivity index (χ4v) is 0.880. The van der Waals surface area contributed by atoms with Crippen LogP contribution >= 0.6 is 11.6 Å². The van der Waals surface area contributed by atoms with Crippen LogP contribution in [0.1, 0.15) is 0 Å². The van der Waals surface area contributed by atoms with Crippen molar-refractivity contribution in [2.75, 3.05) is 0 Å². The van der Waals surface area contributed by atoms with Gasteiger partial charge in [-0.2, -0.15) is 4.39 Å². The van der Waals surface area contributed by atoms with Gasteiger partial charge in [-0.25, -0.2) is 8.78 Å². The Labute approximate surface area is 74.9 Å². The molecule has 0 aromatic heterocycles. The lowest BCUT2D eigenvalue weighted by atomic mass is 10.3. The van der Waals surface area contributed by atoms with Crippen LogP contribution in [0.25, 0.3) is 0 Å². The Morgan fingerprint density at radius 3 is 2.23 bits per heavy atom. The van der Waals surface area contributed by atoms with Gasteiger partial charge in [0.2, 0.25) is 11.6 Å². The van der Waals surface area contributed by atoms with E-state index in [0.717, 1.165) is 0 Å². The third-order valence-electron chi connectivity index (χ3n) is 1.28. The van der Waals surface area contributed by atoms with Gasteiger partial charge in [0, 0.05) is 6.07 Å². The molecule has 70 valence electrons. The van der Waals surface area contributed by atoms with Crippen molar-refractivity contribution in [2.45, 2.75) is 0 Å². The van der Waals surface area contributed by atoms with E-state index in [9.17, 15) is 23.3 Å². The molecular formula is C6HClF3NO2. The highest BCUT2D eigenvalue weighted by Crippen LogP contribution is 2.27. The highest BCUT2D eigenvalue weighted by atomic mass is 35.5. The topological polar surface area (TPSA) is 43.1 Å². The molecule has 0 radical (unpaired) electrons. The molecule has 0 fully saturated rings. The summed E-state index contributed by atoms with van der Waals surface area (Å²) in [6, 6.07) is 0.412. The standard InChI is InChI=1S/C6HClF3NO2/c7-2-1-3(11(12)13)5(9)6(10)4(2)8/h1H. The fraction of sp³-hybridized carbons (Fsp3) is 0. The molecule has 0 aliphatic rings. The zero-order valence-electron chi connectivity index (χ0n) is 5.85. The summed E-state index contributed by atoms with van der Waals surface area (Å²) in [6.45, 7) is 0. The minimum Gasteiger partial charge on any atom is -0.258 e. The van der Waals surface area contributed by atoms with Crippen molar-refractivity contribution >= 4 is 17.3 Å². The molecule has 0 spiro atoms. The van der Waals surface area contributed by atoms with Gasteiger partial charge in [-0.15, -0.1) is 0 Å². The molecule has 0 amide bonds. The summed E-state index contributed by atoms with van der Waals surface area (Å²) in [6.07, 6.45) is 0. The van der Waals surface area contributed by atoms with Gasteiger partial charge in [-0.05, 0) is 0 Å². The molecule has 1 rings (SSSR count). The zero-order chi connectivity index (χ0) is 10.2. The Morgan fingerprint density at radius 1 is 1.23 bits per heavy atom. The van der Waals surface area contributed by atoms with E-state index in [1.54, 1.807) is 0 Å². The van der Waals surface area contributed by atoms with Crippen molar-refractivity contribution in [2.24, 2.45) is 0 Å². The van der Waals surface area contributed by atoms with Gasteiger partial charge in [0.25, 0.3) is 0 Å². The summed E-state index contributed by atoms with van der Waals surface area (Å²) < 4.78 is 37.5. The number of rotatable bonds is 1. The number of hydrogen-bond acceptors (Lipinski definition) is 2. The fourth-order valence-electron chi connectivity index (χ4n) is 0.693. The van der Waals surface area contributed by atoms with Gasteiger partial charge in [-0.3, -0.25) is 10.1 Å². The van der Waals surface area contributed by atoms with E-state index in [1.807, 2.05) is 0 Å². The molecule has 0 aliphatic carbocycles. The average molecular weight is 212 g/mol. The summed E-state index contributed by atoms with van der Waals surface area (Å²) >= 11 is 5.05. The lowest BCUT2D eigenvalue weighted by molar-refractivity contribution is -0.387. The van der Waals surface area contributed by atoms with Crippen molar-refractivity contribution in [3.63, 3.8) is 0 Å². The van der Waals surface area contributed by atoms with Crippen molar-refractivity contribution < 1.29 is 18.1 Å². The molecule has 0 N–H and O–H groups in total. The first-order chi connectivity index (χ1) is 5.95. The third kappa shape index (κ3) is 1.57. The lowest BCUT2D eigenvalue weighted by Gasteiger charge is -1.98. The highest BCUT2D eigenvalue weighted by molar-refractivity contribution is 6.30. The van der Waals surface area contributed by atoms with E-state index in [2.05, 4.69) is 0 Å². The summed E-state index contributed by atoms with van der Waals surface area (Å²) in [7, 11) is 0. The molecule has 7 heteroatoms. The van der Waals surface area contributed by atoms with Gasteiger partial charge in [-0.1, -0.05) is 11.6 Å². The average Bonchev–Trinajstić information content (AvgIpc) is 2.07. The number of benzene rings is 1. The maximum atomic E-state index is 12.6. The normalized spacial score (nSPS) is 10.2. The van der Waals surface area contributed by atoms with Crippen LogP contribution in [-0.2, 0) is 0 Å². The molecule has 0 atom stereocenters. The predicted molar refractivity (Wildman–Crippen MR) is 38.0 cm³/mol. The summed E-state index contributed by atoms with van der Waals surface area (Å²) in [4.78, 5) is 8.86. The second-order valence-corrected chi connectivity index (χ2v) is 2.48. The Kier molecular flexibility index (Phi) is 2.42. The van der Waals surface area contributed by atoms with Gasteiger partial charge in [0.1, 0.15) is 0 Å². The molecule has 1 aromatic rings. The summed E-state index contributed by atoms with van der Waals surface area (Å²) in [5, 5.41) is 9.23. The predicted octanol–water partition coefficient (Wildman–Crippen LogP) is 2.67. The van der Waals surface area contributed by atoms with Crippen LogP contribution in [0.5, 0.6) is 0 Å². The quantitative estimate of drug-likeness (QED) is 0.310. The number of hydrogen-bond donors (Lipinski definition) is 0. The Hall–Kier alpha value is -1.30. The lowest BCUT2D eigenvalue weighted by Crippen LogP contribution is -1.99. The first-order valence-electron chi connectivity index (χ1n) is 2.92.